The van der Waals surface area contributed by atoms with E-state index in [0.717, 1.165) is 41.3 Å². The van der Waals surface area contributed by atoms with Crippen LogP contribution in [0.15, 0.2) is 18.2 Å². The number of benzene rings is 1. The van der Waals surface area contributed by atoms with Gasteiger partial charge in [0.15, 0.2) is 0 Å². The molecule has 3 rings (SSSR count). The molecule has 0 bridgehead atoms. The molecule has 1 atom stereocenters. The second kappa shape index (κ2) is 5.98. The summed E-state index contributed by atoms with van der Waals surface area (Å²) in [4.78, 5) is 4.85. The maximum atomic E-state index is 6.42. The van der Waals surface area contributed by atoms with E-state index in [1.165, 1.54) is 12.8 Å². The molecule has 3 nitrogen and oxygen atoms in total. The van der Waals surface area contributed by atoms with Crippen LogP contribution in [-0.4, -0.2) is 16.1 Å². The maximum absolute atomic E-state index is 6.42. The summed E-state index contributed by atoms with van der Waals surface area (Å²) in [5.41, 5.74) is 8.10. The number of nitrogens with zero attached hydrogens (tertiary/aromatic N) is 2. The fourth-order valence-electron chi connectivity index (χ4n) is 3.21. The summed E-state index contributed by atoms with van der Waals surface area (Å²) in [6.45, 7) is 5.23. The highest BCUT2D eigenvalue weighted by atomic mass is 35.5. The molecule has 21 heavy (non-hydrogen) atoms. The molecule has 0 spiro atoms. The highest BCUT2D eigenvalue weighted by Gasteiger charge is 2.29. The summed E-state index contributed by atoms with van der Waals surface area (Å²) in [7, 11) is 0. The van der Waals surface area contributed by atoms with Gasteiger partial charge in [-0.3, -0.25) is 0 Å². The minimum Gasteiger partial charge on any atom is -0.330 e. The Morgan fingerprint density at radius 2 is 2.14 bits per heavy atom. The molecule has 1 heterocycles. The van der Waals surface area contributed by atoms with Crippen LogP contribution < -0.4 is 5.73 Å². The van der Waals surface area contributed by atoms with Gasteiger partial charge in [0.2, 0.25) is 0 Å². The van der Waals surface area contributed by atoms with E-state index in [1.54, 1.807) is 0 Å². The Balaban J connectivity index is 1.98. The summed E-state index contributed by atoms with van der Waals surface area (Å²) in [5.74, 6) is 2.33. The van der Waals surface area contributed by atoms with Crippen LogP contribution in [0.1, 0.15) is 45.0 Å². The Bertz CT molecular complexity index is 628. The Morgan fingerprint density at radius 3 is 2.76 bits per heavy atom. The zero-order chi connectivity index (χ0) is 15.0. The van der Waals surface area contributed by atoms with Crippen molar-refractivity contribution >= 4 is 22.6 Å². The largest absolute Gasteiger partial charge is 0.330 e. The van der Waals surface area contributed by atoms with Gasteiger partial charge in [0.25, 0.3) is 0 Å². The fraction of sp³-hybridized carbons (Fsp3) is 0.588. The number of rotatable bonds is 6. The Hall–Kier alpha value is -1.06. The average Bonchev–Trinajstić information content (AvgIpc) is 3.20. The molecule has 1 aromatic carbocycles. The van der Waals surface area contributed by atoms with Gasteiger partial charge in [0.05, 0.1) is 16.1 Å². The smallest absolute Gasteiger partial charge is 0.110 e. The van der Waals surface area contributed by atoms with Crippen molar-refractivity contribution in [2.75, 3.05) is 6.54 Å². The molecule has 1 aliphatic rings. The van der Waals surface area contributed by atoms with Gasteiger partial charge >= 0.3 is 0 Å². The SMILES string of the molecule is CC(C)CC(CN)Cc1nc2cccc(Cl)c2n1C1CC1. The van der Waals surface area contributed by atoms with E-state index >= 15 is 0 Å². The van der Waals surface area contributed by atoms with E-state index < -0.39 is 0 Å². The van der Waals surface area contributed by atoms with E-state index in [0.29, 0.717) is 17.9 Å². The third-order valence-corrected chi connectivity index (χ3v) is 4.56. The van der Waals surface area contributed by atoms with Crippen LogP contribution in [0.2, 0.25) is 5.02 Å². The first kappa shape index (κ1) is 14.9. The molecular weight excluding hydrogens is 282 g/mol. The van der Waals surface area contributed by atoms with E-state index in [9.17, 15) is 0 Å². The first-order valence-electron chi connectivity index (χ1n) is 7.95. The molecule has 0 aliphatic heterocycles. The Morgan fingerprint density at radius 1 is 1.38 bits per heavy atom. The number of hydrogen-bond acceptors (Lipinski definition) is 2. The van der Waals surface area contributed by atoms with Gasteiger partial charge in [-0.15, -0.1) is 0 Å². The first-order chi connectivity index (χ1) is 10.1. The number of fused-ring (bicyclic) bond motifs is 1. The van der Waals surface area contributed by atoms with E-state index in [-0.39, 0.29) is 0 Å². The van der Waals surface area contributed by atoms with Crippen LogP contribution in [0, 0.1) is 11.8 Å². The molecule has 4 heteroatoms. The zero-order valence-electron chi connectivity index (χ0n) is 12.8. The second-order valence-corrected chi connectivity index (χ2v) is 7.08. The monoisotopic (exact) mass is 305 g/mol. The molecular formula is C17H24ClN3. The highest BCUT2D eigenvalue weighted by molar-refractivity contribution is 6.35. The van der Waals surface area contributed by atoms with Crippen LogP contribution in [0.25, 0.3) is 11.0 Å². The summed E-state index contributed by atoms with van der Waals surface area (Å²) in [6.07, 6.45) is 4.58. The fourth-order valence-corrected chi connectivity index (χ4v) is 3.47. The predicted molar refractivity (Wildman–Crippen MR) is 88.7 cm³/mol. The van der Waals surface area contributed by atoms with Crippen molar-refractivity contribution in [2.45, 2.75) is 45.6 Å². The van der Waals surface area contributed by atoms with Crippen molar-refractivity contribution in [3.05, 3.63) is 29.0 Å². The second-order valence-electron chi connectivity index (χ2n) is 6.67. The third kappa shape index (κ3) is 3.09. The number of para-hydroxylation sites is 1. The van der Waals surface area contributed by atoms with Gasteiger partial charge in [-0.05, 0) is 49.8 Å². The standard InChI is InChI=1S/C17H24ClN3/c1-11(2)8-12(10-19)9-16-20-15-5-3-4-14(18)17(15)21(16)13-6-7-13/h3-5,11-13H,6-10,19H2,1-2H3. The quantitative estimate of drug-likeness (QED) is 0.869. The van der Waals surface area contributed by atoms with Gasteiger partial charge in [0.1, 0.15) is 5.82 Å². The van der Waals surface area contributed by atoms with Crippen LogP contribution in [0.5, 0.6) is 0 Å². The van der Waals surface area contributed by atoms with Crippen molar-refractivity contribution < 1.29 is 0 Å². The average molecular weight is 306 g/mol. The summed E-state index contributed by atoms with van der Waals surface area (Å²) < 4.78 is 2.38. The molecule has 1 unspecified atom stereocenters. The summed E-state index contributed by atoms with van der Waals surface area (Å²) in [5, 5.41) is 0.811. The minimum atomic E-state index is 0.498. The van der Waals surface area contributed by atoms with Crippen molar-refractivity contribution in [3.8, 4) is 0 Å². The molecule has 0 radical (unpaired) electrons. The Labute approximate surface area is 131 Å². The molecule has 0 amide bonds. The zero-order valence-corrected chi connectivity index (χ0v) is 13.6. The minimum absolute atomic E-state index is 0.498. The van der Waals surface area contributed by atoms with Crippen LogP contribution in [-0.2, 0) is 6.42 Å². The molecule has 1 aromatic heterocycles. The number of nitrogens with two attached hydrogens (primary N) is 1. The molecule has 1 saturated carbocycles. The lowest BCUT2D eigenvalue weighted by atomic mass is 9.94. The van der Waals surface area contributed by atoms with Crippen molar-refractivity contribution in [2.24, 2.45) is 17.6 Å². The topological polar surface area (TPSA) is 43.8 Å². The van der Waals surface area contributed by atoms with Crippen molar-refractivity contribution in [1.82, 2.24) is 9.55 Å². The van der Waals surface area contributed by atoms with Gasteiger partial charge in [-0.2, -0.15) is 0 Å². The van der Waals surface area contributed by atoms with Gasteiger partial charge in [-0.25, -0.2) is 4.98 Å². The van der Waals surface area contributed by atoms with E-state index in [1.807, 2.05) is 12.1 Å². The maximum Gasteiger partial charge on any atom is 0.110 e. The lowest BCUT2D eigenvalue weighted by Gasteiger charge is -2.17. The number of halogens is 1. The number of aromatic nitrogens is 2. The number of hydrogen-bond donors (Lipinski definition) is 1. The van der Waals surface area contributed by atoms with Crippen molar-refractivity contribution in [3.63, 3.8) is 0 Å². The first-order valence-corrected chi connectivity index (χ1v) is 8.33. The predicted octanol–water partition coefficient (Wildman–Crippen LogP) is 4.19. The summed E-state index contributed by atoms with van der Waals surface area (Å²) in [6, 6.07) is 6.59. The van der Waals surface area contributed by atoms with E-state index in [2.05, 4.69) is 24.5 Å². The van der Waals surface area contributed by atoms with Crippen molar-refractivity contribution in [1.29, 1.82) is 0 Å². The van der Waals surface area contributed by atoms with Gasteiger partial charge in [-0.1, -0.05) is 31.5 Å². The molecule has 2 aromatic rings. The molecule has 2 N–H and O–H groups in total. The van der Waals surface area contributed by atoms with Crippen LogP contribution in [0.3, 0.4) is 0 Å². The molecule has 114 valence electrons. The van der Waals surface area contributed by atoms with Gasteiger partial charge in [0, 0.05) is 12.5 Å². The lowest BCUT2D eigenvalue weighted by Crippen LogP contribution is -2.20. The molecule has 1 fully saturated rings. The van der Waals surface area contributed by atoms with Gasteiger partial charge < -0.3 is 10.3 Å². The summed E-state index contributed by atoms with van der Waals surface area (Å²) >= 11 is 6.42. The normalized spacial score (nSPS) is 16.8. The Kier molecular flexibility index (Phi) is 4.23. The highest BCUT2D eigenvalue weighted by Crippen LogP contribution is 2.41. The lowest BCUT2D eigenvalue weighted by molar-refractivity contribution is 0.403. The third-order valence-electron chi connectivity index (χ3n) is 4.26. The number of imidazole rings is 1. The van der Waals surface area contributed by atoms with Crippen LogP contribution >= 0.6 is 11.6 Å². The van der Waals surface area contributed by atoms with Crippen LogP contribution in [0.4, 0.5) is 0 Å². The molecule has 1 aliphatic carbocycles. The van der Waals surface area contributed by atoms with E-state index in [4.69, 9.17) is 22.3 Å². The molecule has 0 saturated heterocycles.